The summed E-state index contributed by atoms with van der Waals surface area (Å²) in [5, 5.41) is 9.18. The summed E-state index contributed by atoms with van der Waals surface area (Å²) in [4.78, 5) is 16.0. The molecule has 240 valence electrons. The Hall–Kier alpha value is -4.00. The van der Waals surface area contributed by atoms with Crippen molar-refractivity contribution in [1.82, 2.24) is 4.90 Å². The molecule has 0 aliphatic carbocycles. The van der Waals surface area contributed by atoms with Crippen LogP contribution < -0.4 is 14.4 Å². The van der Waals surface area contributed by atoms with E-state index in [0.717, 1.165) is 55.3 Å². The highest BCUT2D eigenvalue weighted by atomic mass is 32.2. The van der Waals surface area contributed by atoms with E-state index in [4.69, 9.17) is 9.47 Å². The first-order valence-corrected chi connectivity index (χ1v) is 17.5. The molecule has 8 nitrogen and oxygen atoms in total. The van der Waals surface area contributed by atoms with Crippen molar-refractivity contribution < 1.29 is 27.8 Å². The third kappa shape index (κ3) is 11.1. The quantitative estimate of drug-likeness (QED) is 0.171. The minimum Gasteiger partial charge on any atom is -0.494 e. The summed E-state index contributed by atoms with van der Waals surface area (Å²) in [5.41, 5.74) is 4.53. The zero-order valence-corrected chi connectivity index (χ0v) is 27.3. The van der Waals surface area contributed by atoms with Crippen LogP contribution in [-0.4, -0.2) is 69.2 Å². The van der Waals surface area contributed by atoms with Gasteiger partial charge in [0.05, 0.1) is 12.4 Å². The van der Waals surface area contributed by atoms with E-state index in [1.54, 1.807) is 6.92 Å². The van der Waals surface area contributed by atoms with Gasteiger partial charge in [0.1, 0.15) is 27.9 Å². The molecule has 4 rings (SSSR count). The second-order valence-electron chi connectivity index (χ2n) is 11.7. The third-order valence-electron chi connectivity index (χ3n) is 7.94. The van der Waals surface area contributed by atoms with Gasteiger partial charge in [-0.05, 0) is 72.4 Å². The molecule has 45 heavy (non-hydrogen) atoms. The maximum absolute atomic E-state index is 11.3. The molecule has 9 heteroatoms. The number of benzene rings is 3. The molecular weight excluding hydrogens is 588 g/mol. The van der Waals surface area contributed by atoms with Crippen molar-refractivity contribution in [3.63, 3.8) is 0 Å². The van der Waals surface area contributed by atoms with Crippen LogP contribution in [0, 0.1) is 17.8 Å². The predicted molar refractivity (Wildman–Crippen MR) is 179 cm³/mol. The number of anilines is 1. The molecule has 2 atom stereocenters. The zero-order valence-electron chi connectivity index (χ0n) is 26.4. The van der Waals surface area contributed by atoms with Crippen molar-refractivity contribution in [1.29, 1.82) is 0 Å². The number of rotatable bonds is 15. The maximum Gasteiger partial charge on any atom is 0.303 e. The summed E-state index contributed by atoms with van der Waals surface area (Å²) in [6.45, 7) is 9.31. The van der Waals surface area contributed by atoms with Crippen molar-refractivity contribution in [3.8, 4) is 23.3 Å². The number of hydrogen-bond donors (Lipinski definition) is 1. The van der Waals surface area contributed by atoms with Crippen molar-refractivity contribution in [3.05, 3.63) is 89.5 Å². The van der Waals surface area contributed by atoms with Gasteiger partial charge in [-0.3, -0.25) is 9.69 Å². The summed E-state index contributed by atoms with van der Waals surface area (Å²) >= 11 is 0. The van der Waals surface area contributed by atoms with Gasteiger partial charge in [-0.15, -0.1) is 5.92 Å². The fraction of sp³-hybridized carbons (Fsp3) is 0.417. The van der Waals surface area contributed by atoms with Gasteiger partial charge >= 0.3 is 5.97 Å². The molecule has 0 spiro atoms. The van der Waals surface area contributed by atoms with Gasteiger partial charge in [0.25, 0.3) is 0 Å². The first-order chi connectivity index (χ1) is 21.6. The molecule has 1 N–H and O–H groups in total. The van der Waals surface area contributed by atoms with E-state index in [0.29, 0.717) is 19.6 Å². The minimum absolute atomic E-state index is 0.0778. The average molecular weight is 633 g/mol. The van der Waals surface area contributed by atoms with E-state index in [9.17, 15) is 18.3 Å². The van der Waals surface area contributed by atoms with Crippen LogP contribution in [0.25, 0.3) is 0 Å². The number of aliphatic carboxylic acids is 1. The molecule has 1 fully saturated rings. The fourth-order valence-electron chi connectivity index (χ4n) is 5.47. The lowest BCUT2D eigenvalue weighted by atomic mass is 9.85. The Kier molecular flexibility index (Phi) is 12.3. The molecule has 3 aromatic rings. The smallest absolute Gasteiger partial charge is 0.303 e. The van der Waals surface area contributed by atoms with E-state index in [1.165, 1.54) is 17.5 Å². The van der Waals surface area contributed by atoms with E-state index < -0.39 is 15.8 Å². The molecule has 1 aliphatic heterocycles. The molecule has 1 heterocycles. The molecular formula is C36H44N2O6S. The number of carbonyl (C=O) groups is 1. The van der Waals surface area contributed by atoms with Crippen LogP contribution >= 0.6 is 0 Å². The third-order valence-corrected chi connectivity index (χ3v) is 8.97. The Morgan fingerprint density at radius 1 is 0.889 bits per heavy atom. The number of hydrogen-bond acceptors (Lipinski definition) is 7. The minimum atomic E-state index is -2.96. The van der Waals surface area contributed by atoms with Crippen LogP contribution in [-0.2, 0) is 27.8 Å². The SMILES string of the molecule is CC#C[C@H](c1ccc(OCc2ccc(CN3CCN(c4ccc(OCCCS(C)(=O)=O)cc4)CC3)cc2)cc1)C(C)CC(=O)O. The van der Waals surface area contributed by atoms with Gasteiger partial charge in [-0.2, -0.15) is 0 Å². The van der Waals surface area contributed by atoms with Crippen molar-refractivity contribution in [2.24, 2.45) is 5.92 Å². The van der Waals surface area contributed by atoms with Crippen LogP contribution in [0.5, 0.6) is 11.5 Å². The second kappa shape index (κ2) is 16.4. The topological polar surface area (TPSA) is 96.4 Å². The van der Waals surface area contributed by atoms with E-state index in [1.807, 2.05) is 43.3 Å². The Labute approximate surface area is 267 Å². The van der Waals surface area contributed by atoms with E-state index >= 15 is 0 Å². The number of ether oxygens (including phenoxy) is 2. The highest BCUT2D eigenvalue weighted by molar-refractivity contribution is 7.90. The van der Waals surface area contributed by atoms with Crippen molar-refractivity contribution >= 4 is 21.5 Å². The summed E-state index contributed by atoms with van der Waals surface area (Å²) in [7, 11) is -2.96. The number of carboxylic acids is 1. The Bertz CT molecular complexity index is 1540. The van der Waals surface area contributed by atoms with Gasteiger partial charge in [0.15, 0.2) is 0 Å². The lowest BCUT2D eigenvalue weighted by Gasteiger charge is -2.36. The first-order valence-electron chi connectivity index (χ1n) is 15.4. The fourth-order valence-corrected chi connectivity index (χ4v) is 6.11. The van der Waals surface area contributed by atoms with Gasteiger partial charge in [-0.25, -0.2) is 8.42 Å². The van der Waals surface area contributed by atoms with E-state index in [2.05, 4.69) is 58.0 Å². The second-order valence-corrected chi connectivity index (χ2v) is 14.0. The number of nitrogens with zero attached hydrogens (tertiary/aromatic N) is 2. The zero-order chi connectivity index (χ0) is 32.2. The summed E-state index contributed by atoms with van der Waals surface area (Å²) in [6, 6.07) is 24.4. The molecule has 1 aliphatic rings. The Balaban J connectivity index is 1.19. The van der Waals surface area contributed by atoms with Crippen molar-refractivity contribution in [2.45, 2.75) is 45.8 Å². The number of piperazine rings is 1. The van der Waals surface area contributed by atoms with Crippen LogP contribution in [0.15, 0.2) is 72.8 Å². The first kappa shape index (κ1) is 33.9. The van der Waals surface area contributed by atoms with Crippen molar-refractivity contribution in [2.75, 3.05) is 49.7 Å². The molecule has 0 bridgehead atoms. The standard InChI is InChI=1S/C36H44N2O6S/c1-4-6-35(28(2)25-36(39)40)31-11-15-34(16-12-31)44-27-30-9-7-29(8-10-30)26-37-19-21-38(22-20-37)32-13-17-33(18-14-32)43-23-5-24-45(3,41)42/h7-18,28,35H,5,19-27H2,1-3H3,(H,39,40)/t28?,35-/m0/s1. The molecule has 3 aromatic carbocycles. The molecule has 0 radical (unpaired) electrons. The Morgan fingerprint density at radius 3 is 2.09 bits per heavy atom. The summed E-state index contributed by atoms with van der Waals surface area (Å²) < 4.78 is 34.2. The molecule has 1 saturated heterocycles. The average Bonchev–Trinajstić information content (AvgIpc) is 3.02. The molecule has 0 saturated carbocycles. The van der Waals surface area contributed by atoms with Gasteiger partial charge in [-0.1, -0.05) is 49.2 Å². The number of carboxylic acid groups (broad SMARTS) is 1. The van der Waals surface area contributed by atoms with Crippen LogP contribution in [0.3, 0.4) is 0 Å². The van der Waals surface area contributed by atoms with Gasteiger partial charge in [0, 0.05) is 57.0 Å². The number of sulfone groups is 1. The van der Waals surface area contributed by atoms with Crippen LogP contribution in [0.4, 0.5) is 5.69 Å². The largest absolute Gasteiger partial charge is 0.494 e. The monoisotopic (exact) mass is 632 g/mol. The molecule has 0 aromatic heterocycles. The lowest BCUT2D eigenvalue weighted by Crippen LogP contribution is -2.45. The molecule has 1 unspecified atom stereocenters. The van der Waals surface area contributed by atoms with Gasteiger partial charge < -0.3 is 19.5 Å². The molecule has 0 amide bonds. The summed E-state index contributed by atoms with van der Waals surface area (Å²) in [6.07, 6.45) is 1.81. The van der Waals surface area contributed by atoms with E-state index in [-0.39, 0.29) is 24.0 Å². The summed E-state index contributed by atoms with van der Waals surface area (Å²) in [5.74, 6) is 6.73. The lowest BCUT2D eigenvalue weighted by molar-refractivity contribution is -0.138. The highest BCUT2D eigenvalue weighted by Gasteiger charge is 2.20. The van der Waals surface area contributed by atoms with Crippen LogP contribution in [0.1, 0.15) is 49.3 Å². The van der Waals surface area contributed by atoms with Gasteiger partial charge in [0.2, 0.25) is 0 Å². The Morgan fingerprint density at radius 2 is 1.49 bits per heavy atom. The highest BCUT2D eigenvalue weighted by Crippen LogP contribution is 2.28. The normalized spacial score (nSPS) is 15.0. The maximum atomic E-state index is 11.3. The van der Waals surface area contributed by atoms with Crippen LogP contribution in [0.2, 0.25) is 0 Å². The predicted octanol–water partition coefficient (Wildman–Crippen LogP) is 5.62.